The molecule has 1 saturated carbocycles. The van der Waals surface area contributed by atoms with Gasteiger partial charge in [0.15, 0.2) is 0 Å². The van der Waals surface area contributed by atoms with Crippen molar-refractivity contribution in [2.75, 3.05) is 0 Å². The Balaban J connectivity index is 1.94. The van der Waals surface area contributed by atoms with Gasteiger partial charge in [-0.1, -0.05) is 13.0 Å². The zero-order chi connectivity index (χ0) is 13.0. The maximum absolute atomic E-state index is 11.8. The first kappa shape index (κ1) is 12.6. The normalized spacial score (nSPS) is 19.4. The van der Waals surface area contributed by atoms with E-state index in [4.69, 9.17) is 0 Å². The summed E-state index contributed by atoms with van der Waals surface area (Å²) in [7, 11) is 0. The number of amides is 1. The van der Waals surface area contributed by atoms with Crippen LogP contribution in [0.5, 0.6) is 5.75 Å². The fourth-order valence-corrected chi connectivity index (χ4v) is 2.05. The fourth-order valence-electron chi connectivity index (χ4n) is 2.05. The second kappa shape index (κ2) is 5.67. The topological polar surface area (TPSA) is 61.7 Å². The average Bonchev–Trinajstić information content (AvgIpc) is 2.38. The van der Waals surface area contributed by atoms with E-state index in [1.807, 2.05) is 0 Å². The minimum absolute atomic E-state index is 0.0850. The molecule has 0 bridgehead atoms. The molecule has 0 aromatic heterocycles. The van der Waals surface area contributed by atoms with Crippen LogP contribution in [0.2, 0.25) is 0 Å². The van der Waals surface area contributed by atoms with Crippen molar-refractivity contribution in [1.82, 2.24) is 5.43 Å². The SMILES string of the molecule is CC1CCC(=NNC(=O)c2cccc(O)c2)CC1. The van der Waals surface area contributed by atoms with Crippen LogP contribution in [0, 0.1) is 5.92 Å². The van der Waals surface area contributed by atoms with Crippen LogP contribution < -0.4 is 5.43 Å². The van der Waals surface area contributed by atoms with Gasteiger partial charge in [-0.05, 0) is 49.8 Å². The van der Waals surface area contributed by atoms with Crippen LogP contribution in [0.3, 0.4) is 0 Å². The quantitative estimate of drug-likeness (QED) is 0.788. The number of nitrogens with zero attached hydrogens (tertiary/aromatic N) is 1. The molecule has 4 heteroatoms. The van der Waals surface area contributed by atoms with Crippen LogP contribution in [0.25, 0.3) is 0 Å². The first-order valence-corrected chi connectivity index (χ1v) is 6.30. The second-order valence-electron chi connectivity index (χ2n) is 4.85. The molecule has 96 valence electrons. The van der Waals surface area contributed by atoms with E-state index in [1.165, 1.54) is 12.1 Å². The molecule has 0 atom stereocenters. The summed E-state index contributed by atoms with van der Waals surface area (Å²) in [5.41, 5.74) is 4.03. The summed E-state index contributed by atoms with van der Waals surface area (Å²) in [5.74, 6) is 0.560. The highest BCUT2D eigenvalue weighted by molar-refractivity contribution is 5.95. The van der Waals surface area contributed by atoms with E-state index in [0.717, 1.165) is 37.3 Å². The molecule has 18 heavy (non-hydrogen) atoms. The maximum atomic E-state index is 11.8. The van der Waals surface area contributed by atoms with Gasteiger partial charge in [-0.2, -0.15) is 5.10 Å². The number of rotatable bonds is 2. The average molecular weight is 246 g/mol. The van der Waals surface area contributed by atoms with Gasteiger partial charge in [0.05, 0.1) is 0 Å². The molecule has 0 saturated heterocycles. The molecule has 0 heterocycles. The van der Waals surface area contributed by atoms with E-state index >= 15 is 0 Å². The number of nitrogens with one attached hydrogen (secondary N) is 1. The second-order valence-corrected chi connectivity index (χ2v) is 4.85. The molecule has 1 amide bonds. The number of phenols is 1. The highest BCUT2D eigenvalue weighted by Crippen LogP contribution is 2.21. The highest BCUT2D eigenvalue weighted by Gasteiger charge is 2.14. The standard InChI is InChI=1S/C14H18N2O2/c1-10-5-7-12(8-6-10)15-16-14(18)11-3-2-4-13(17)9-11/h2-4,9-10,17H,5-8H2,1H3,(H,16,18). The number of phenolic OH excluding ortho intramolecular Hbond substituents is 1. The van der Waals surface area contributed by atoms with E-state index in [9.17, 15) is 9.90 Å². The summed E-state index contributed by atoms with van der Waals surface area (Å²) in [4.78, 5) is 11.8. The predicted molar refractivity (Wildman–Crippen MR) is 70.6 cm³/mol. The van der Waals surface area contributed by atoms with Crippen molar-refractivity contribution in [3.05, 3.63) is 29.8 Å². The number of hydrazone groups is 1. The van der Waals surface area contributed by atoms with Crippen LogP contribution in [-0.2, 0) is 0 Å². The van der Waals surface area contributed by atoms with Crippen LogP contribution in [0.4, 0.5) is 0 Å². The Kier molecular flexibility index (Phi) is 3.97. The van der Waals surface area contributed by atoms with Crippen molar-refractivity contribution in [1.29, 1.82) is 0 Å². The van der Waals surface area contributed by atoms with Crippen molar-refractivity contribution in [3.8, 4) is 5.75 Å². The molecule has 0 spiro atoms. The number of hydrogen-bond acceptors (Lipinski definition) is 3. The number of carbonyl (C=O) groups excluding carboxylic acids is 1. The van der Waals surface area contributed by atoms with Crippen molar-refractivity contribution in [2.24, 2.45) is 11.0 Å². The minimum Gasteiger partial charge on any atom is -0.508 e. The van der Waals surface area contributed by atoms with E-state index in [1.54, 1.807) is 12.1 Å². The molecular weight excluding hydrogens is 228 g/mol. The molecule has 2 N–H and O–H groups in total. The van der Waals surface area contributed by atoms with E-state index in [2.05, 4.69) is 17.5 Å². The molecule has 1 aliphatic carbocycles. The third-order valence-electron chi connectivity index (χ3n) is 3.28. The van der Waals surface area contributed by atoms with Crippen LogP contribution >= 0.6 is 0 Å². The Morgan fingerprint density at radius 1 is 1.39 bits per heavy atom. The zero-order valence-corrected chi connectivity index (χ0v) is 10.5. The molecule has 1 aromatic carbocycles. The summed E-state index contributed by atoms with van der Waals surface area (Å²) in [6.07, 6.45) is 4.20. The lowest BCUT2D eigenvalue weighted by Gasteiger charge is -2.18. The molecule has 4 nitrogen and oxygen atoms in total. The lowest BCUT2D eigenvalue weighted by Crippen LogP contribution is -2.21. The highest BCUT2D eigenvalue weighted by atomic mass is 16.3. The van der Waals surface area contributed by atoms with Gasteiger partial charge in [0.1, 0.15) is 5.75 Å². The summed E-state index contributed by atoms with van der Waals surface area (Å²) in [6.45, 7) is 2.24. The van der Waals surface area contributed by atoms with Crippen LogP contribution in [0.15, 0.2) is 29.4 Å². The van der Waals surface area contributed by atoms with Crippen LogP contribution in [-0.4, -0.2) is 16.7 Å². The van der Waals surface area contributed by atoms with Gasteiger partial charge >= 0.3 is 0 Å². The van der Waals surface area contributed by atoms with Gasteiger partial charge in [0.25, 0.3) is 5.91 Å². The largest absolute Gasteiger partial charge is 0.508 e. The Bertz CT molecular complexity index is 459. The van der Waals surface area contributed by atoms with Crippen molar-refractivity contribution < 1.29 is 9.90 Å². The Labute approximate surface area is 107 Å². The predicted octanol–water partition coefficient (Wildman–Crippen LogP) is 2.69. The van der Waals surface area contributed by atoms with Gasteiger partial charge < -0.3 is 5.11 Å². The van der Waals surface area contributed by atoms with Gasteiger partial charge in [0, 0.05) is 11.3 Å². The third kappa shape index (κ3) is 3.32. The summed E-state index contributed by atoms with van der Waals surface area (Å²) < 4.78 is 0. The number of aromatic hydroxyl groups is 1. The molecule has 0 aliphatic heterocycles. The monoisotopic (exact) mass is 246 g/mol. The Morgan fingerprint density at radius 3 is 2.78 bits per heavy atom. The van der Waals surface area contributed by atoms with Crippen molar-refractivity contribution >= 4 is 11.6 Å². The maximum Gasteiger partial charge on any atom is 0.271 e. The number of carbonyl (C=O) groups is 1. The fraction of sp³-hybridized carbons (Fsp3) is 0.429. The van der Waals surface area contributed by atoms with Gasteiger partial charge in [-0.3, -0.25) is 4.79 Å². The molecule has 0 unspecified atom stereocenters. The molecule has 1 aromatic rings. The molecule has 1 aliphatic rings. The molecule has 0 radical (unpaired) electrons. The van der Waals surface area contributed by atoms with Crippen LogP contribution in [0.1, 0.15) is 43.0 Å². The first-order chi connectivity index (χ1) is 8.65. The Hall–Kier alpha value is -1.84. The molecular formula is C14H18N2O2. The smallest absolute Gasteiger partial charge is 0.271 e. The molecule has 2 rings (SSSR count). The van der Waals surface area contributed by atoms with E-state index in [0.29, 0.717) is 5.56 Å². The van der Waals surface area contributed by atoms with Gasteiger partial charge in [-0.15, -0.1) is 0 Å². The molecule has 1 fully saturated rings. The third-order valence-corrected chi connectivity index (χ3v) is 3.28. The Morgan fingerprint density at radius 2 is 2.11 bits per heavy atom. The van der Waals surface area contributed by atoms with Crippen molar-refractivity contribution in [3.63, 3.8) is 0 Å². The summed E-state index contributed by atoms with van der Waals surface area (Å²) >= 11 is 0. The lowest BCUT2D eigenvalue weighted by molar-refractivity contribution is 0.0954. The number of hydrogen-bond donors (Lipinski definition) is 2. The van der Waals surface area contributed by atoms with Gasteiger partial charge in [0.2, 0.25) is 0 Å². The van der Waals surface area contributed by atoms with Crippen molar-refractivity contribution in [2.45, 2.75) is 32.6 Å². The van der Waals surface area contributed by atoms with E-state index < -0.39 is 0 Å². The summed E-state index contributed by atoms with van der Waals surface area (Å²) in [6, 6.07) is 6.25. The summed E-state index contributed by atoms with van der Waals surface area (Å²) in [5, 5.41) is 13.5. The lowest BCUT2D eigenvalue weighted by atomic mass is 9.90. The van der Waals surface area contributed by atoms with Gasteiger partial charge in [-0.25, -0.2) is 5.43 Å². The first-order valence-electron chi connectivity index (χ1n) is 6.30. The van der Waals surface area contributed by atoms with E-state index in [-0.39, 0.29) is 11.7 Å². The minimum atomic E-state index is -0.281. The number of benzene rings is 1. The zero-order valence-electron chi connectivity index (χ0n) is 10.5.